The molecule has 0 amide bonds. The molecule has 0 spiro atoms. The zero-order chi connectivity index (χ0) is 7.28. The molecule has 0 fully saturated rings. The highest BCUT2D eigenvalue weighted by molar-refractivity contribution is 6.63. The van der Waals surface area contributed by atoms with Crippen molar-refractivity contribution in [3.63, 3.8) is 0 Å². The molecule has 0 rings (SSSR count). The third-order valence-corrected chi connectivity index (χ3v) is 1.44. The van der Waals surface area contributed by atoms with Crippen LogP contribution in [0.5, 0.6) is 0 Å². The third kappa shape index (κ3) is 5.84. The molecule has 0 aliphatic rings. The lowest BCUT2D eigenvalue weighted by Crippen LogP contribution is -1.98. The second-order valence-corrected chi connectivity index (χ2v) is 2.87. The van der Waals surface area contributed by atoms with E-state index in [0.717, 1.165) is 12.8 Å². The van der Waals surface area contributed by atoms with Gasteiger partial charge in [0.1, 0.15) is 0 Å². The van der Waals surface area contributed by atoms with Crippen molar-refractivity contribution in [2.45, 2.75) is 33.1 Å². The first-order chi connectivity index (χ1) is 4.16. The van der Waals surface area contributed by atoms with E-state index in [-0.39, 0.29) is 5.24 Å². The Bertz CT molecular complexity index is 90.9. The van der Waals surface area contributed by atoms with E-state index in [2.05, 4.69) is 6.92 Å². The molecule has 1 atom stereocenters. The van der Waals surface area contributed by atoms with Gasteiger partial charge in [0, 0.05) is 6.42 Å². The molecule has 1 nitrogen and oxygen atoms in total. The Morgan fingerprint density at radius 2 is 2.22 bits per heavy atom. The highest BCUT2D eigenvalue weighted by Crippen LogP contribution is 2.10. The van der Waals surface area contributed by atoms with Gasteiger partial charge >= 0.3 is 0 Å². The number of hydrogen-bond acceptors (Lipinski definition) is 1. The lowest BCUT2D eigenvalue weighted by molar-refractivity contribution is -0.112. The lowest BCUT2D eigenvalue weighted by Gasteiger charge is -2.03. The molecule has 0 bridgehead atoms. The summed E-state index contributed by atoms with van der Waals surface area (Å²) in [6.45, 7) is 4.15. The fourth-order valence-electron chi connectivity index (χ4n) is 0.869. The van der Waals surface area contributed by atoms with Gasteiger partial charge in [-0.2, -0.15) is 0 Å². The van der Waals surface area contributed by atoms with Crippen molar-refractivity contribution in [2.75, 3.05) is 0 Å². The average molecular weight is 149 g/mol. The van der Waals surface area contributed by atoms with Crippen LogP contribution < -0.4 is 0 Å². The molecule has 0 N–H and O–H groups in total. The van der Waals surface area contributed by atoms with Crippen LogP contribution in [0.1, 0.15) is 33.1 Å². The first-order valence-corrected chi connectivity index (χ1v) is 3.73. The topological polar surface area (TPSA) is 17.1 Å². The van der Waals surface area contributed by atoms with Crippen LogP contribution >= 0.6 is 11.6 Å². The Morgan fingerprint density at radius 1 is 1.67 bits per heavy atom. The summed E-state index contributed by atoms with van der Waals surface area (Å²) >= 11 is 5.17. The highest BCUT2D eigenvalue weighted by atomic mass is 35.5. The maximum absolute atomic E-state index is 10.3. The Morgan fingerprint density at radius 3 is 2.56 bits per heavy atom. The van der Waals surface area contributed by atoms with Crippen LogP contribution in [-0.2, 0) is 4.79 Å². The van der Waals surface area contributed by atoms with Crippen molar-refractivity contribution in [1.82, 2.24) is 0 Å². The minimum Gasteiger partial charge on any atom is -0.281 e. The van der Waals surface area contributed by atoms with Crippen LogP contribution in [0.15, 0.2) is 0 Å². The van der Waals surface area contributed by atoms with Crippen molar-refractivity contribution in [1.29, 1.82) is 0 Å². The SMILES string of the molecule is CCCC(C)CC(=O)Cl. The summed E-state index contributed by atoms with van der Waals surface area (Å²) < 4.78 is 0. The second-order valence-electron chi connectivity index (χ2n) is 2.45. The number of carbonyl (C=O) groups is 1. The molecule has 54 valence electrons. The van der Waals surface area contributed by atoms with Gasteiger partial charge in [0.25, 0.3) is 0 Å². The molecular weight excluding hydrogens is 136 g/mol. The minimum atomic E-state index is -0.212. The van der Waals surface area contributed by atoms with Crippen LogP contribution in [0.3, 0.4) is 0 Å². The van der Waals surface area contributed by atoms with Crippen molar-refractivity contribution >= 4 is 16.8 Å². The van der Waals surface area contributed by atoms with Gasteiger partial charge in [-0.05, 0) is 17.5 Å². The average Bonchev–Trinajstić information content (AvgIpc) is 1.63. The predicted octanol–water partition coefficient (Wildman–Crippen LogP) is 2.58. The van der Waals surface area contributed by atoms with Gasteiger partial charge in [-0.15, -0.1) is 0 Å². The summed E-state index contributed by atoms with van der Waals surface area (Å²) in [5, 5.41) is -0.212. The van der Waals surface area contributed by atoms with E-state index in [1.165, 1.54) is 0 Å². The Labute approximate surface area is 61.4 Å². The van der Waals surface area contributed by atoms with Gasteiger partial charge in [-0.1, -0.05) is 26.7 Å². The van der Waals surface area contributed by atoms with Crippen molar-refractivity contribution in [3.05, 3.63) is 0 Å². The van der Waals surface area contributed by atoms with Crippen LogP contribution in [0.2, 0.25) is 0 Å². The fraction of sp³-hybridized carbons (Fsp3) is 0.857. The van der Waals surface area contributed by atoms with Gasteiger partial charge in [0.15, 0.2) is 0 Å². The van der Waals surface area contributed by atoms with Crippen LogP contribution in [-0.4, -0.2) is 5.24 Å². The molecule has 1 unspecified atom stereocenters. The van der Waals surface area contributed by atoms with E-state index in [0.29, 0.717) is 12.3 Å². The molecular formula is C7H13ClO. The van der Waals surface area contributed by atoms with Crippen molar-refractivity contribution in [3.8, 4) is 0 Å². The number of rotatable bonds is 4. The second kappa shape index (κ2) is 4.80. The normalized spacial score (nSPS) is 13.2. The number of hydrogen-bond donors (Lipinski definition) is 0. The zero-order valence-electron chi connectivity index (χ0n) is 5.98. The predicted molar refractivity (Wildman–Crippen MR) is 39.5 cm³/mol. The molecule has 2 heteroatoms. The monoisotopic (exact) mass is 148 g/mol. The maximum Gasteiger partial charge on any atom is 0.221 e. The molecule has 0 saturated heterocycles. The summed E-state index contributed by atoms with van der Waals surface area (Å²) in [5.74, 6) is 0.458. The Balaban J connectivity index is 3.26. The Hall–Kier alpha value is -0.0400. The van der Waals surface area contributed by atoms with E-state index in [1.807, 2.05) is 6.92 Å². The molecule has 0 heterocycles. The summed E-state index contributed by atoms with van der Waals surface area (Å²) in [6, 6.07) is 0. The summed E-state index contributed by atoms with van der Waals surface area (Å²) in [7, 11) is 0. The molecule has 0 aliphatic heterocycles. The third-order valence-electron chi connectivity index (χ3n) is 1.29. The van der Waals surface area contributed by atoms with E-state index in [4.69, 9.17) is 11.6 Å². The summed E-state index contributed by atoms with van der Waals surface area (Å²) in [6.07, 6.45) is 2.75. The highest BCUT2D eigenvalue weighted by Gasteiger charge is 2.03. The largest absolute Gasteiger partial charge is 0.281 e. The first kappa shape index (κ1) is 8.96. The minimum absolute atomic E-state index is 0.212. The fourth-order valence-corrected chi connectivity index (χ4v) is 1.13. The summed E-state index contributed by atoms with van der Waals surface area (Å²) in [5.41, 5.74) is 0. The molecule has 0 aliphatic carbocycles. The van der Waals surface area contributed by atoms with Crippen molar-refractivity contribution in [2.24, 2.45) is 5.92 Å². The molecule has 0 aromatic rings. The number of carbonyl (C=O) groups excluding carboxylic acids is 1. The quantitative estimate of drug-likeness (QED) is 0.560. The molecule has 0 aromatic carbocycles. The van der Waals surface area contributed by atoms with Crippen molar-refractivity contribution < 1.29 is 4.79 Å². The van der Waals surface area contributed by atoms with E-state index in [9.17, 15) is 4.79 Å². The van der Waals surface area contributed by atoms with Gasteiger partial charge in [-0.25, -0.2) is 0 Å². The van der Waals surface area contributed by atoms with E-state index >= 15 is 0 Å². The smallest absolute Gasteiger partial charge is 0.221 e. The molecule has 0 saturated carbocycles. The van der Waals surface area contributed by atoms with Gasteiger partial charge in [0.2, 0.25) is 5.24 Å². The van der Waals surface area contributed by atoms with Gasteiger partial charge in [0.05, 0.1) is 0 Å². The number of halogens is 1. The zero-order valence-corrected chi connectivity index (χ0v) is 6.74. The van der Waals surface area contributed by atoms with Gasteiger partial charge in [-0.3, -0.25) is 4.79 Å². The molecule has 0 aromatic heterocycles. The Kier molecular flexibility index (Phi) is 4.78. The van der Waals surface area contributed by atoms with Crippen LogP contribution in [0, 0.1) is 5.92 Å². The lowest BCUT2D eigenvalue weighted by atomic mass is 10.0. The molecule has 0 radical (unpaired) electrons. The van der Waals surface area contributed by atoms with Crippen LogP contribution in [0.4, 0.5) is 0 Å². The van der Waals surface area contributed by atoms with E-state index < -0.39 is 0 Å². The summed E-state index contributed by atoms with van der Waals surface area (Å²) in [4.78, 5) is 10.3. The maximum atomic E-state index is 10.3. The van der Waals surface area contributed by atoms with Gasteiger partial charge < -0.3 is 0 Å². The van der Waals surface area contributed by atoms with E-state index in [1.54, 1.807) is 0 Å². The molecule has 9 heavy (non-hydrogen) atoms. The standard InChI is InChI=1S/C7H13ClO/c1-3-4-6(2)5-7(8)9/h6H,3-5H2,1-2H3. The van der Waals surface area contributed by atoms with Crippen LogP contribution in [0.25, 0.3) is 0 Å². The first-order valence-electron chi connectivity index (χ1n) is 3.35.